The molecule has 0 unspecified atom stereocenters. The predicted molar refractivity (Wildman–Crippen MR) is 100 cm³/mol. The zero-order valence-corrected chi connectivity index (χ0v) is 14.4. The van der Waals surface area contributed by atoms with Gasteiger partial charge in [0.1, 0.15) is 5.75 Å². The van der Waals surface area contributed by atoms with Gasteiger partial charge in [0, 0.05) is 23.9 Å². The molecule has 0 aliphatic carbocycles. The molecular weight excluding hydrogens is 324 g/mol. The Morgan fingerprint density at radius 1 is 0.962 bits per heavy atom. The molecule has 1 aliphatic heterocycles. The summed E-state index contributed by atoms with van der Waals surface area (Å²) < 4.78 is 6.01. The molecule has 4 rings (SSSR count). The molecule has 1 aliphatic rings. The van der Waals surface area contributed by atoms with E-state index in [0.717, 1.165) is 30.7 Å². The molecule has 0 spiro atoms. The number of para-hydroxylation sites is 1. The summed E-state index contributed by atoms with van der Waals surface area (Å²) >= 11 is 0. The van der Waals surface area contributed by atoms with Crippen molar-refractivity contribution in [3.63, 3.8) is 0 Å². The smallest absolute Gasteiger partial charge is 0.254 e. The molecule has 3 aromatic rings. The van der Waals surface area contributed by atoms with Gasteiger partial charge in [-0.15, -0.1) is 0 Å². The Hall–Kier alpha value is -3.14. The fourth-order valence-electron chi connectivity index (χ4n) is 3.42. The third-order valence-electron chi connectivity index (χ3n) is 4.65. The number of carbonyl (C=O) groups excluding carboxylic acids is 1. The topological polar surface area (TPSA) is 42.4 Å². The third kappa shape index (κ3) is 3.31. The first-order valence-electron chi connectivity index (χ1n) is 8.87. The zero-order chi connectivity index (χ0) is 17.8. The molecule has 0 bridgehead atoms. The van der Waals surface area contributed by atoms with Gasteiger partial charge < -0.3 is 9.64 Å². The number of rotatable bonds is 4. The number of aromatic nitrogens is 1. The number of pyridine rings is 1. The normalized spacial score (nSPS) is 16.5. The van der Waals surface area contributed by atoms with Crippen molar-refractivity contribution >= 4 is 5.91 Å². The maximum Gasteiger partial charge on any atom is 0.254 e. The molecule has 1 saturated heterocycles. The Labute approximate surface area is 153 Å². The summed E-state index contributed by atoms with van der Waals surface area (Å²) in [6.45, 7) is 0.748. The molecule has 0 N–H and O–H groups in total. The van der Waals surface area contributed by atoms with Crippen LogP contribution < -0.4 is 4.74 Å². The second-order valence-corrected chi connectivity index (χ2v) is 6.34. The van der Waals surface area contributed by atoms with Crippen LogP contribution in [0.3, 0.4) is 0 Å². The number of amides is 1. The van der Waals surface area contributed by atoms with Gasteiger partial charge in [0.25, 0.3) is 5.91 Å². The largest absolute Gasteiger partial charge is 0.439 e. The van der Waals surface area contributed by atoms with Crippen molar-refractivity contribution in [1.82, 2.24) is 9.88 Å². The van der Waals surface area contributed by atoms with Gasteiger partial charge in [0.05, 0.1) is 6.04 Å². The van der Waals surface area contributed by atoms with Gasteiger partial charge >= 0.3 is 0 Å². The maximum atomic E-state index is 13.0. The molecule has 130 valence electrons. The Bertz CT molecular complexity index is 881. The van der Waals surface area contributed by atoms with Crippen molar-refractivity contribution < 1.29 is 9.53 Å². The van der Waals surface area contributed by atoms with Crippen LogP contribution in [-0.2, 0) is 0 Å². The van der Waals surface area contributed by atoms with Crippen molar-refractivity contribution in [1.29, 1.82) is 0 Å². The van der Waals surface area contributed by atoms with E-state index < -0.39 is 0 Å². The van der Waals surface area contributed by atoms with Crippen LogP contribution in [0.2, 0.25) is 0 Å². The van der Waals surface area contributed by atoms with E-state index in [-0.39, 0.29) is 11.9 Å². The van der Waals surface area contributed by atoms with Crippen molar-refractivity contribution in [2.24, 2.45) is 0 Å². The molecule has 4 heteroatoms. The number of carbonyl (C=O) groups is 1. The number of hydrogen-bond donors (Lipinski definition) is 0. The van der Waals surface area contributed by atoms with Crippen LogP contribution in [0.5, 0.6) is 11.6 Å². The minimum absolute atomic E-state index is 0.0184. The summed E-state index contributed by atoms with van der Waals surface area (Å²) in [5, 5.41) is 0. The third-order valence-corrected chi connectivity index (χ3v) is 4.65. The first-order chi connectivity index (χ1) is 12.8. The Kier molecular flexibility index (Phi) is 4.65. The highest BCUT2D eigenvalue weighted by Crippen LogP contribution is 2.38. The van der Waals surface area contributed by atoms with Gasteiger partial charge in [0.15, 0.2) is 0 Å². The molecule has 2 heterocycles. The average molecular weight is 344 g/mol. The molecule has 2 aromatic carbocycles. The summed E-state index contributed by atoms with van der Waals surface area (Å²) in [6, 6.07) is 22.9. The lowest BCUT2D eigenvalue weighted by Crippen LogP contribution is -2.30. The second kappa shape index (κ2) is 7.40. The van der Waals surface area contributed by atoms with Crippen molar-refractivity contribution in [3.05, 3.63) is 90.1 Å². The van der Waals surface area contributed by atoms with Gasteiger partial charge in [-0.1, -0.05) is 42.5 Å². The Morgan fingerprint density at radius 3 is 2.46 bits per heavy atom. The molecular formula is C22H20N2O2. The van der Waals surface area contributed by atoms with Crippen LogP contribution in [0, 0.1) is 0 Å². The van der Waals surface area contributed by atoms with Crippen LogP contribution in [-0.4, -0.2) is 22.3 Å². The Balaban J connectivity index is 1.63. The Morgan fingerprint density at radius 2 is 1.69 bits per heavy atom. The number of hydrogen-bond acceptors (Lipinski definition) is 3. The minimum atomic E-state index is -0.0184. The van der Waals surface area contributed by atoms with Crippen molar-refractivity contribution in [3.8, 4) is 11.6 Å². The first kappa shape index (κ1) is 16.3. The second-order valence-electron chi connectivity index (χ2n) is 6.34. The molecule has 1 aromatic heterocycles. The molecule has 0 saturated carbocycles. The van der Waals surface area contributed by atoms with E-state index in [9.17, 15) is 4.79 Å². The molecule has 26 heavy (non-hydrogen) atoms. The molecule has 0 radical (unpaired) electrons. The summed E-state index contributed by atoms with van der Waals surface area (Å²) in [7, 11) is 0. The van der Waals surface area contributed by atoms with Crippen molar-refractivity contribution in [2.75, 3.05) is 6.54 Å². The summed E-state index contributed by atoms with van der Waals surface area (Å²) in [6.07, 6.45) is 3.61. The zero-order valence-electron chi connectivity index (χ0n) is 14.4. The quantitative estimate of drug-likeness (QED) is 0.679. The number of nitrogens with zero attached hydrogens (tertiary/aromatic N) is 2. The van der Waals surface area contributed by atoms with Gasteiger partial charge in [-0.3, -0.25) is 4.79 Å². The van der Waals surface area contributed by atoms with Crippen LogP contribution in [0.1, 0.15) is 34.8 Å². The number of ether oxygens (including phenoxy) is 1. The monoisotopic (exact) mass is 344 g/mol. The van der Waals surface area contributed by atoms with E-state index in [1.165, 1.54) is 0 Å². The van der Waals surface area contributed by atoms with Gasteiger partial charge in [0.2, 0.25) is 5.88 Å². The van der Waals surface area contributed by atoms with E-state index >= 15 is 0 Å². The average Bonchev–Trinajstić information content (AvgIpc) is 3.19. The van der Waals surface area contributed by atoms with Crippen LogP contribution in [0.4, 0.5) is 0 Å². The van der Waals surface area contributed by atoms with Crippen LogP contribution in [0.25, 0.3) is 0 Å². The van der Waals surface area contributed by atoms with Crippen LogP contribution in [0.15, 0.2) is 79.0 Å². The highest BCUT2D eigenvalue weighted by molar-refractivity contribution is 5.94. The summed E-state index contributed by atoms with van der Waals surface area (Å²) in [5.74, 6) is 1.37. The molecule has 1 atom stereocenters. The van der Waals surface area contributed by atoms with Crippen LogP contribution >= 0.6 is 0 Å². The van der Waals surface area contributed by atoms with E-state index in [0.29, 0.717) is 11.4 Å². The van der Waals surface area contributed by atoms with E-state index in [1.54, 1.807) is 6.20 Å². The lowest BCUT2D eigenvalue weighted by molar-refractivity contribution is 0.0734. The lowest BCUT2D eigenvalue weighted by Gasteiger charge is -2.26. The van der Waals surface area contributed by atoms with Gasteiger partial charge in [-0.05, 0) is 43.2 Å². The fourth-order valence-corrected chi connectivity index (χ4v) is 3.42. The van der Waals surface area contributed by atoms with Gasteiger partial charge in [-0.25, -0.2) is 4.98 Å². The number of likely N-dealkylation sites (tertiary alicyclic amines) is 1. The van der Waals surface area contributed by atoms with E-state index in [4.69, 9.17) is 4.74 Å². The summed E-state index contributed by atoms with van der Waals surface area (Å²) in [4.78, 5) is 19.3. The minimum Gasteiger partial charge on any atom is -0.439 e. The fraction of sp³-hybridized carbons (Fsp3) is 0.182. The van der Waals surface area contributed by atoms with E-state index in [2.05, 4.69) is 4.98 Å². The molecule has 1 amide bonds. The lowest BCUT2D eigenvalue weighted by atomic mass is 10.1. The molecule has 1 fully saturated rings. The highest BCUT2D eigenvalue weighted by atomic mass is 16.5. The summed E-state index contributed by atoms with van der Waals surface area (Å²) in [5.41, 5.74) is 1.67. The predicted octanol–water partition coefficient (Wildman–Crippen LogP) is 4.85. The van der Waals surface area contributed by atoms with Crippen molar-refractivity contribution in [2.45, 2.75) is 18.9 Å². The maximum absolute atomic E-state index is 13.0. The first-order valence-corrected chi connectivity index (χ1v) is 8.87. The standard InChI is InChI=1S/C22H20N2O2/c25-22(17-9-3-1-4-10-17)24-16-8-14-20(24)19-13-7-15-23-21(19)26-18-11-5-2-6-12-18/h1-7,9-13,15,20H,8,14,16H2/t20-/m1/s1. The SMILES string of the molecule is O=C(c1ccccc1)N1CCC[C@@H]1c1cccnc1Oc1ccccc1. The van der Waals surface area contributed by atoms with Gasteiger partial charge in [-0.2, -0.15) is 0 Å². The highest BCUT2D eigenvalue weighted by Gasteiger charge is 2.32. The van der Waals surface area contributed by atoms with E-state index in [1.807, 2.05) is 77.7 Å². The molecule has 4 nitrogen and oxygen atoms in total. The number of benzene rings is 2.